The van der Waals surface area contributed by atoms with Crippen LogP contribution < -0.4 is 14.9 Å². The molecule has 1 amide bonds. The number of fused-ring (bicyclic) bond motifs is 1. The molecule has 0 unspecified atom stereocenters. The molecule has 10 heteroatoms. The van der Waals surface area contributed by atoms with E-state index in [2.05, 4.69) is 58.3 Å². The number of hydrazone groups is 1. The van der Waals surface area contributed by atoms with Crippen LogP contribution in [0.1, 0.15) is 21.7 Å². The Bertz CT molecular complexity index is 1400. The zero-order valence-corrected chi connectivity index (χ0v) is 22.3. The summed E-state index contributed by atoms with van der Waals surface area (Å²) in [6.45, 7) is 0.175. The van der Waals surface area contributed by atoms with E-state index in [1.807, 2.05) is 12.1 Å². The fourth-order valence-electron chi connectivity index (χ4n) is 3.11. The van der Waals surface area contributed by atoms with Crippen LogP contribution in [-0.2, 0) is 6.61 Å². The molecule has 34 heavy (non-hydrogen) atoms. The van der Waals surface area contributed by atoms with Crippen molar-refractivity contribution >= 4 is 70.9 Å². The van der Waals surface area contributed by atoms with Crippen molar-refractivity contribution in [2.45, 2.75) is 6.61 Å². The lowest BCUT2D eigenvalue weighted by Gasteiger charge is -2.13. The van der Waals surface area contributed by atoms with Gasteiger partial charge in [-0.05, 0) is 79.9 Å². The Labute approximate surface area is 219 Å². The van der Waals surface area contributed by atoms with E-state index >= 15 is 0 Å². The quantitative estimate of drug-likeness (QED) is 0.169. The van der Waals surface area contributed by atoms with Crippen LogP contribution in [0.25, 0.3) is 11.0 Å². The number of rotatable bonds is 7. The second-order valence-electron chi connectivity index (χ2n) is 7.06. The molecule has 0 bridgehead atoms. The first-order valence-electron chi connectivity index (χ1n) is 9.81. The Morgan fingerprint density at radius 2 is 1.91 bits per heavy atom. The van der Waals surface area contributed by atoms with Gasteiger partial charge in [-0.15, -0.1) is 0 Å². The first-order chi connectivity index (χ1) is 16.3. The second kappa shape index (κ2) is 10.7. The smallest absolute Gasteiger partial charge is 0.307 e. The third kappa shape index (κ3) is 5.68. The normalized spacial score (nSPS) is 11.2. The van der Waals surface area contributed by atoms with Crippen molar-refractivity contribution in [1.82, 2.24) is 5.43 Å². The maximum Gasteiger partial charge on any atom is 0.307 e. The summed E-state index contributed by atoms with van der Waals surface area (Å²) in [5.41, 5.74) is 4.36. The van der Waals surface area contributed by atoms with Gasteiger partial charge >= 0.3 is 5.91 Å². The van der Waals surface area contributed by atoms with Crippen LogP contribution in [0, 0.1) is 5.82 Å². The minimum absolute atomic E-state index is 0.128. The summed E-state index contributed by atoms with van der Waals surface area (Å²) in [4.78, 5) is 12.5. The third-order valence-corrected chi connectivity index (χ3v) is 6.43. The van der Waals surface area contributed by atoms with Gasteiger partial charge in [-0.1, -0.05) is 28.1 Å². The van der Waals surface area contributed by atoms with Crippen LogP contribution in [0.2, 0.25) is 0 Å². The zero-order chi connectivity index (χ0) is 24.2. The number of furan rings is 1. The lowest BCUT2D eigenvalue weighted by atomic mass is 10.2. The van der Waals surface area contributed by atoms with Gasteiger partial charge in [0.05, 0.1) is 17.8 Å². The Hall–Kier alpha value is -2.69. The first-order valence-corrected chi connectivity index (χ1v) is 12.2. The van der Waals surface area contributed by atoms with Crippen molar-refractivity contribution in [3.05, 3.63) is 90.7 Å². The van der Waals surface area contributed by atoms with E-state index in [1.54, 1.807) is 30.3 Å². The number of nitrogens with zero attached hydrogens (tertiary/aromatic N) is 1. The number of ether oxygens (including phenoxy) is 2. The van der Waals surface area contributed by atoms with E-state index in [0.717, 1.165) is 14.3 Å². The minimum Gasteiger partial charge on any atom is -0.493 e. The predicted molar refractivity (Wildman–Crippen MR) is 138 cm³/mol. The Kier molecular flexibility index (Phi) is 7.70. The summed E-state index contributed by atoms with van der Waals surface area (Å²) in [5, 5.41) is 4.80. The van der Waals surface area contributed by atoms with Gasteiger partial charge in [-0.25, -0.2) is 9.82 Å². The molecule has 3 aromatic carbocycles. The average molecular weight is 655 g/mol. The summed E-state index contributed by atoms with van der Waals surface area (Å²) in [6.07, 6.45) is 1.47. The molecule has 4 aromatic rings. The molecule has 1 aromatic heterocycles. The molecule has 1 N–H and O–H groups in total. The van der Waals surface area contributed by atoms with Crippen LogP contribution in [0.5, 0.6) is 11.5 Å². The van der Waals surface area contributed by atoms with Gasteiger partial charge in [0.2, 0.25) is 0 Å². The maximum atomic E-state index is 13.4. The minimum atomic E-state index is -0.492. The molecule has 0 aliphatic rings. The molecular weight excluding hydrogens is 639 g/mol. The van der Waals surface area contributed by atoms with Crippen molar-refractivity contribution in [2.75, 3.05) is 7.11 Å². The SMILES string of the molecule is COc1cc(/C=N\NC(=O)c2cc3cc(Br)cc(Br)c3o2)c(Br)cc1OCc1cccc(F)c1. The van der Waals surface area contributed by atoms with E-state index in [9.17, 15) is 9.18 Å². The summed E-state index contributed by atoms with van der Waals surface area (Å²) >= 11 is 10.3. The number of amides is 1. The Morgan fingerprint density at radius 3 is 2.68 bits per heavy atom. The molecule has 6 nitrogen and oxygen atoms in total. The van der Waals surface area contributed by atoms with E-state index in [-0.39, 0.29) is 18.2 Å². The highest BCUT2D eigenvalue weighted by Gasteiger charge is 2.15. The molecule has 0 spiro atoms. The monoisotopic (exact) mass is 652 g/mol. The Morgan fingerprint density at radius 1 is 1.09 bits per heavy atom. The van der Waals surface area contributed by atoms with E-state index in [1.165, 1.54) is 25.5 Å². The van der Waals surface area contributed by atoms with Crippen LogP contribution in [-0.4, -0.2) is 19.2 Å². The highest BCUT2D eigenvalue weighted by Crippen LogP contribution is 2.34. The van der Waals surface area contributed by atoms with Crippen LogP contribution in [0.3, 0.4) is 0 Å². The summed E-state index contributed by atoms with van der Waals surface area (Å²) in [7, 11) is 1.51. The van der Waals surface area contributed by atoms with E-state index in [4.69, 9.17) is 13.9 Å². The molecule has 0 atom stereocenters. The second-order valence-corrected chi connectivity index (χ2v) is 9.68. The topological polar surface area (TPSA) is 73.1 Å². The number of hydrogen-bond acceptors (Lipinski definition) is 5. The van der Waals surface area contributed by atoms with Crippen molar-refractivity contribution in [3.8, 4) is 11.5 Å². The van der Waals surface area contributed by atoms with Crippen molar-refractivity contribution in [3.63, 3.8) is 0 Å². The van der Waals surface area contributed by atoms with E-state index < -0.39 is 5.91 Å². The molecule has 0 saturated heterocycles. The van der Waals surface area contributed by atoms with Crippen molar-refractivity contribution in [1.29, 1.82) is 0 Å². The van der Waals surface area contributed by atoms with Gasteiger partial charge in [0.1, 0.15) is 18.0 Å². The van der Waals surface area contributed by atoms with E-state index in [0.29, 0.717) is 32.7 Å². The third-order valence-electron chi connectivity index (χ3n) is 4.70. The molecule has 0 aliphatic carbocycles. The standard InChI is InChI=1S/C24H16Br3FN2O4/c1-32-20-8-15(18(26)10-21(20)33-12-13-3-2-4-17(28)5-13)11-29-30-24(31)22-7-14-6-16(25)9-19(27)23(14)34-22/h2-11H,12H2,1H3,(H,30,31)/b29-11-. The van der Waals surface area contributed by atoms with Gasteiger partial charge < -0.3 is 13.9 Å². The van der Waals surface area contributed by atoms with Gasteiger partial charge in [0, 0.05) is 19.9 Å². The fraction of sp³-hybridized carbons (Fsp3) is 0.0833. The first kappa shape index (κ1) is 24.4. The molecule has 174 valence electrons. The molecular formula is C24H16Br3FN2O4. The Balaban J connectivity index is 1.46. The van der Waals surface area contributed by atoms with Gasteiger partial charge in [0.15, 0.2) is 17.3 Å². The van der Waals surface area contributed by atoms with Crippen LogP contribution >= 0.6 is 47.8 Å². The largest absolute Gasteiger partial charge is 0.493 e. The van der Waals surface area contributed by atoms with Crippen LogP contribution in [0.4, 0.5) is 4.39 Å². The van der Waals surface area contributed by atoms with Crippen molar-refractivity contribution in [2.24, 2.45) is 5.10 Å². The molecule has 0 radical (unpaired) electrons. The molecule has 0 aliphatic heterocycles. The number of benzene rings is 3. The number of halogens is 4. The summed E-state index contributed by atoms with van der Waals surface area (Å²) < 4.78 is 32.5. The number of carbonyl (C=O) groups excluding carboxylic acids is 1. The molecule has 4 rings (SSSR count). The predicted octanol–water partition coefficient (Wildman–Crippen LogP) is 7.21. The molecule has 1 heterocycles. The lowest BCUT2D eigenvalue weighted by molar-refractivity contribution is 0.0929. The highest BCUT2D eigenvalue weighted by atomic mass is 79.9. The van der Waals surface area contributed by atoms with Gasteiger partial charge in [-0.2, -0.15) is 5.10 Å². The number of hydrogen-bond donors (Lipinski definition) is 1. The fourth-order valence-corrected chi connectivity index (χ4v) is 4.88. The molecule has 0 saturated carbocycles. The number of carbonyl (C=O) groups is 1. The van der Waals surface area contributed by atoms with Crippen LogP contribution in [0.15, 0.2) is 77.5 Å². The summed E-state index contributed by atoms with van der Waals surface area (Å²) in [6, 6.07) is 14.9. The maximum absolute atomic E-state index is 13.4. The highest BCUT2D eigenvalue weighted by molar-refractivity contribution is 9.11. The number of methoxy groups -OCH3 is 1. The molecule has 0 fully saturated rings. The summed E-state index contributed by atoms with van der Waals surface area (Å²) in [5.74, 6) is 0.238. The zero-order valence-electron chi connectivity index (χ0n) is 17.6. The number of nitrogens with one attached hydrogen (secondary N) is 1. The average Bonchev–Trinajstić information content (AvgIpc) is 3.23. The van der Waals surface area contributed by atoms with Crippen molar-refractivity contribution < 1.29 is 23.1 Å². The van der Waals surface area contributed by atoms with Gasteiger partial charge in [-0.3, -0.25) is 4.79 Å². The van der Waals surface area contributed by atoms with Gasteiger partial charge in [0.25, 0.3) is 0 Å². The lowest BCUT2D eigenvalue weighted by Crippen LogP contribution is -2.16.